The summed E-state index contributed by atoms with van der Waals surface area (Å²) in [6, 6.07) is 0. The topological polar surface area (TPSA) is 63.6 Å². The molecule has 1 saturated heterocycles. The summed E-state index contributed by atoms with van der Waals surface area (Å²) >= 11 is 0. The molecule has 3 rings (SSSR count). The summed E-state index contributed by atoms with van der Waals surface area (Å²) in [5.41, 5.74) is 1.23. The highest BCUT2D eigenvalue weighted by Gasteiger charge is 2.56. The van der Waals surface area contributed by atoms with Crippen LogP contribution in [0.4, 0.5) is 0 Å². The molecule has 2 saturated carbocycles. The van der Waals surface area contributed by atoms with Crippen molar-refractivity contribution in [3.8, 4) is 0 Å². The lowest BCUT2D eigenvalue weighted by Crippen LogP contribution is -2.35. The quantitative estimate of drug-likeness (QED) is 0.405. The first-order valence-electron chi connectivity index (χ1n) is 6.70. The number of hydrogen-bond acceptors (Lipinski definition) is 4. The Kier molecular flexibility index (Phi) is 2.68. The number of Topliss-reactive ketones (excluding diaryl/α,β-unsaturated/α-hetero) is 1. The first-order chi connectivity index (χ1) is 8.91. The van der Waals surface area contributed by atoms with E-state index in [4.69, 9.17) is 4.74 Å². The molecule has 102 valence electrons. The summed E-state index contributed by atoms with van der Waals surface area (Å²) in [6.07, 6.45) is -0.257. The number of hydrogen-bond donors (Lipinski definition) is 1. The number of carbonyl (C=O) groups is 2. The lowest BCUT2D eigenvalue weighted by atomic mass is 9.79. The zero-order valence-corrected chi connectivity index (χ0v) is 11.0. The number of aliphatic hydroxyl groups excluding tert-OH is 1. The van der Waals surface area contributed by atoms with Gasteiger partial charge in [-0.2, -0.15) is 0 Å². The van der Waals surface area contributed by atoms with E-state index in [0.717, 1.165) is 5.57 Å². The molecule has 1 N–H and O–H groups in total. The highest BCUT2D eigenvalue weighted by Crippen LogP contribution is 2.51. The average Bonchev–Trinajstić information content (AvgIpc) is 2.75. The van der Waals surface area contributed by atoms with Crippen LogP contribution in [0.15, 0.2) is 24.3 Å². The van der Waals surface area contributed by atoms with Crippen LogP contribution in [0.25, 0.3) is 0 Å². The van der Waals surface area contributed by atoms with Crippen LogP contribution in [0.5, 0.6) is 0 Å². The molecule has 19 heavy (non-hydrogen) atoms. The Bertz CT molecular complexity index is 492. The zero-order valence-electron chi connectivity index (χ0n) is 11.0. The monoisotopic (exact) mass is 262 g/mol. The Morgan fingerprint density at radius 3 is 2.63 bits per heavy atom. The van der Waals surface area contributed by atoms with E-state index in [1.54, 1.807) is 0 Å². The third-order valence-corrected chi connectivity index (χ3v) is 5.02. The molecule has 0 aromatic heterocycles. The van der Waals surface area contributed by atoms with E-state index in [1.807, 2.05) is 6.92 Å². The number of esters is 1. The second kappa shape index (κ2) is 4.04. The standard InChI is InChI=1S/C15H18O4/c1-6-4-11(17)13-8(3)15(18)19-14(13)12-7(2)10(16)5-9(6)12/h7,9,11-14,17H,1,3-5H2,2H3. The van der Waals surface area contributed by atoms with Gasteiger partial charge in [-0.25, -0.2) is 4.79 Å². The smallest absolute Gasteiger partial charge is 0.334 e. The Labute approximate surface area is 112 Å². The van der Waals surface area contributed by atoms with Gasteiger partial charge in [0.25, 0.3) is 0 Å². The van der Waals surface area contributed by atoms with E-state index in [2.05, 4.69) is 13.2 Å². The van der Waals surface area contributed by atoms with Crippen molar-refractivity contribution in [1.82, 2.24) is 0 Å². The van der Waals surface area contributed by atoms with Crippen molar-refractivity contribution in [2.45, 2.75) is 32.0 Å². The van der Waals surface area contributed by atoms with Gasteiger partial charge in [0.2, 0.25) is 0 Å². The summed E-state index contributed by atoms with van der Waals surface area (Å²) in [6.45, 7) is 9.65. The van der Waals surface area contributed by atoms with Crippen LogP contribution in [0.2, 0.25) is 0 Å². The SMILES string of the molecule is C=C1CC(O)C2C(=C)C(=O)OC2C2C(C)C(=O)CC12. The first-order valence-corrected chi connectivity index (χ1v) is 6.70. The van der Waals surface area contributed by atoms with Crippen molar-refractivity contribution in [2.24, 2.45) is 23.7 Å². The molecule has 0 aromatic carbocycles. The fourth-order valence-electron chi connectivity index (χ4n) is 3.95. The van der Waals surface area contributed by atoms with Crippen LogP contribution in [-0.2, 0) is 14.3 Å². The van der Waals surface area contributed by atoms with E-state index in [-0.39, 0.29) is 23.5 Å². The van der Waals surface area contributed by atoms with Gasteiger partial charge in [0.1, 0.15) is 11.9 Å². The number of carbonyl (C=O) groups excluding carboxylic acids is 2. The maximum absolute atomic E-state index is 12.0. The van der Waals surface area contributed by atoms with Crippen LogP contribution < -0.4 is 0 Å². The molecule has 0 amide bonds. The zero-order chi connectivity index (χ0) is 13.9. The molecule has 4 heteroatoms. The van der Waals surface area contributed by atoms with Gasteiger partial charge in [0.15, 0.2) is 0 Å². The maximum atomic E-state index is 12.0. The van der Waals surface area contributed by atoms with Crippen LogP contribution in [0, 0.1) is 23.7 Å². The number of fused-ring (bicyclic) bond motifs is 3. The van der Waals surface area contributed by atoms with Crippen molar-refractivity contribution >= 4 is 11.8 Å². The van der Waals surface area contributed by atoms with E-state index < -0.39 is 24.1 Å². The minimum absolute atomic E-state index is 0.0193. The molecular weight excluding hydrogens is 244 g/mol. The Balaban J connectivity index is 2.05. The molecule has 2 aliphatic carbocycles. The second-order valence-electron chi connectivity index (χ2n) is 5.99. The van der Waals surface area contributed by atoms with E-state index in [1.165, 1.54) is 0 Å². The normalized spacial score (nSPS) is 45.8. The van der Waals surface area contributed by atoms with Crippen molar-refractivity contribution in [3.63, 3.8) is 0 Å². The third kappa shape index (κ3) is 1.62. The molecule has 1 heterocycles. The molecule has 0 bridgehead atoms. The molecule has 0 spiro atoms. The van der Waals surface area contributed by atoms with Crippen LogP contribution in [0.3, 0.4) is 0 Å². The minimum atomic E-state index is -0.690. The fraction of sp³-hybridized carbons (Fsp3) is 0.600. The summed E-state index contributed by atoms with van der Waals surface area (Å²) in [7, 11) is 0. The lowest BCUT2D eigenvalue weighted by molar-refractivity contribution is -0.143. The Morgan fingerprint density at radius 2 is 1.95 bits per heavy atom. The molecule has 1 aliphatic heterocycles. The molecule has 3 aliphatic rings. The summed E-state index contributed by atoms with van der Waals surface area (Å²) in [5, 5.41) is 10.3. The van der Waals surface area contributed by atoms with Crippen LogP contribution in [-0.4, -0.2) is 29.1 Å². The number of rotatable bonds is 0. The van der Waals surface area contributed by atoms with Gasteiger partial charge in [-0.15, -0.1) is 0 Å². The fourth-order valence-corrected chi connectivity index (χ4v) is 3.95. The van der Waals surface area contributed by atoms with Gasteiger partial charge in [-0.05, 0) is 12.3 Å². The molecular formula is C15H18O4. The minimum Gasteiger partial charge on any atom is -0.458 e. The number of aliphatic hydroxyl groups is 1. The molecule has 0 aromatic rings. The third-order valence-electron chi connectivity index (χ3n) is 5.02. The maximum Gasteiger partial charge on any atom is 0.334 e. The van der Waals surface area contributed by atoms with E-state index >= 15 is 0 Å². The number of ether oxygens (including phenoxy) is 1. The Morgan fingerprint density at radius 1 is 1.26 bits per heavy atom. The summed E-state index contributed by atoms with van der Waals surface area (Å²) < 4.78 is 5.42. The summed E-state index contributed by atoms with van der Waals surface area (Å²) in [5.74, 6) is -0.839. The lowest BCUT2D eigenvalue weighted by Gasteiger charge is -2.28. The predicted molar refractivity (Wildman–Crippen MR) is 68.0 cm³/mol. The van der Waals surface area contributed by atoms with Gasteiger partial charge in [-0.3, -0.25) is 4.79 Å². The van der Waals surface area contributed by atoms with E-state index in [0.29, 0.717) is 18.4 Å². The average molecular weight is 262 g/mol. The predicted octanol–water partition coefficient (Wildman–Crippen LogP) is 1.25. The van der Waals surface area contributed by atoms with Gasteiger partial charge in [-0.1, -0.05) is 25.7 Å². The first kappa shape index (κ1) is 12.6. The molecule has 4 nitrogen and oxygen atoms in total. The van der Waals surface area contributed by atoms with Gasteiger partial charge in [0.05, 0.1) is 12.0 Å². The van der Waals surface area contributed by atoms with Crippen molar-refractivity contribution < 1.29 is 19.4 Å². The van der Waals surface area contributed by atoms with Crippen LogP contribution in [0.1, 0.15) is 19.8 Å². The molecule has 3 fully saturated rings. The molecule has 6 unspecified atom stereocenters. The van der Waals surface area contributed by atoms with Gasteiger partial charge >= 0.3 is 5.97 Å². The largest absolute Gasteiger partial charge is 0.458 e. The molecule has 0 radical (unpaired) electrons. The van der Waals surface area contributed by atoms with Crippen molar-refractivity contribution in [1.29, 1.82) is 0 Å². The van der Waals surface area contributed by atoms with E-state index in [9.17, 15) is 14.7 Å². The molecule has 6 atom stereocenters. The van der Waals surface area contributed by atoms with Gasteiger partial charge < -0.3 is 9.84 Å². The van der Waals surface area contributed by atoms with Crippen LogP contribution >= 0.6 is 0 Å². The highest BCUT2D eigenvalue weighted by atomic mass is 16.6. The number of ketones is 1. The van der Waals surface area contributed by atoms with Gasteiger partial charge in [0, 0.05) is 23.8 Å². The second-order valence-corrected chi connectivity index (χ2v) is 5.99. The highest BCUT2D eigenvalue weighted by molar-refractivity contribution is 5.91. The van der Waals surface area contributed by atoms with Crippen molar-refractivity contribution in [2.75, 3.05) is 0 Å². The summed E-state index contributed by atoms with van der Waals surface area (Å²) in [4.78, 5) is 23.7. The Hall–Kier alpha value is -1.42. The van der Waals surface area contributed by atoms with Crippen molar-refractivity contribution in [3.05, 3.63) is 24.3 Å².